The van der Waals surface area contributed by atoms with Crippen LogP contribution in [0, 0.1) is 11.1 Å². The van der Waals surface area contributed by atoms with E-state index >= 15 is 0 Å². The van der Waals surface area contributed by atoms with Gasteiger partial charge in [-0.2, -0.15) is 36.9 Å². The number of carbonyl (C=O) groups is 1. The number of fused-ring (bicyclic) bond motifs is 4. The Bertz CT molecular complexity index is 1920. The summed E-state index contributed by atoms with van der Waals surface area (Å²) in [7, 11) is 0. The molecule has 4 heterocycles. The van der Waals surface area contributed by atoms with Crippen molar-refractivity contribution >= 4 is 23.2 Å². The molecule has 8 nitrogen and oxygen atoms in total. The second-order valence-corrected chi connectivity index (χ2v) is 11.6. The Balaban J connectivity index is 1.43. The summed E-state index contributed by atoms with van der Waals surface area (Å²) in [4.78, 5) is 12.9. The SMILES string of the molecule is C[C@H]1CCC[C@H](c2ccc(-c3cc(Cl)ccc3-n3cc(C(F)(F)F)cn3)c[n+]2[O-])c2cccc(c2)-c2c(cnn2C(F)F)NC1=O. The fourth-order valence-electron chi connectivity index (χ4n) is 5.75. The molecule has 1 aliphatic heterocycles. The van der Waals surface area contributed by atoms with Gasteiger partial charge in [0.05, 0.1) is 40.9 Å². The lowest BCUT2D eigenvalue weighted by atomic mass is 9.86. The molecule has 0 saturated carbocycles. The molecule has 2 aromatic carbocycles. The first kappa shape index (κ1) is 31.2. The number of pyridine rings is 1. The van der Waals surface area contributed by atoms with E-state index in [0.29, 0.717) is 61.6 Å². The maximum absolute atomic E-state index is 13.9. The van der Waals surface area contributed by atoms with Crippen LogP contribution in [-0.4, -0.2) is 25.5 Å². The van der Waals surface area contributed by atoms with Gasteiger partial charge < -0.3 is 10.5 Å². The van der Waals surface area contributed by atoms with Gasteiger partial charge >= 0.3 is 12.7 Å². The Morgan fingerprint density at radius 2 is 1.85 bits per heavy atom. The highest BCUT2D eigenvalue weighted by Gasteiger charge is 2.33. The van der Waals surface area contributed by atoms with Crippen molar-refractivity contribution < 1.29 is 31.5 Å². The molecule has 238 valence electrons. The molecule has 46 heavy (non-hydrogen) atoms. The van der Waals surface area contributed by atoms with Crippen molar-refractivity contribution in [3.63, 3.8) is 0 Å². The average Bonchev–Trinajstić information content (AvgIpc) is 3.67. The lowest BCUT2D eigenvalue weighted by Crippen LogP contribution is -2.34. The molecular weight excluding hydrogens is 631 g/mol. The highest BCUT2D eigenvalue weighted by Crippen LogP contribution is 2.38. The number of hydrogen-bond acceptors (Lipinski definition) is 4. The van der Waals surface area contributed by atoms with Gasteiger partial charge in [-0.25, -0.2) is 9.36 Å². The minimum atomic E-state index is -4.59. The third-order valence-electron chi connectivity index (χ3n) is 8.11. The summed E-state index contributed by atoms with van der Waals surface area (Å²) in [5.41, 5.74) is 1.77. The van der Waals surface area contributed by atoms with Crippen molar-refractivity contribution in [2.45, 2.75) is 44.8 Å². The van der Waals surface area contributed by atoms with Gasteiger partial charge in [0.2, 0.25) is 5.91 Å². The number of rotatable bonds is 4. The van der Waals surface area contributed by atoms with E-state index in [1.54, 1.807) is 37.3 Å². The minimum Gasteiger partial charge on any atom is -0.618 e. The monoisotopic (exact) mass is 656 g/mol. The van der Waals surface area contributed by atoms with Gasteiger partial charge in [-0.3, -0.25) is 4.79 Å². The van der Waals surface area contributed by atoms with E-state index in [4.69, 9.17) is 11.6 Å². The summed E-state index contributed by atoms with van der Waals surface area (Å²) in [6.45, 7) is -1.21. The summed E-state index contributed by atoms with van der Waals surface area (Å²) >= 11 is 6.25. The number of hydrogen-bond donors (Lipinski definition) is 1. The molecule has 1 amide bonds. The number of halogens is 6. The standard InChI is InChI=1S/C32H26ClF5N6O2/c1-18-4-2-7-24(19-5-3-6-20(12-19)29-26(41-30(18)45)15-40-44(29)31(34)35)28-10-8-21(16-43(28)46)25-13-23(33)9-11-27(25)42-17-22(14-39-42)32(36,37)38/h3,5-6,8-18,24,31H,2,4,7H2,1H3,(H,41,45)/t18-,24-/m0/s1. The maximum Gasteiger partial charge on any atom is 0.419 e. The molecule has 3 aromatic heterocycles. The van der Waals surface area contributed by atoms with E-state index in [9.17, 15) is 32.0 Å². The summed E-state index contributed by atoms with van der Waals surface area (Å²) in [6, 6.07) is 14.7. The summed E-state index contributed by atoms with van der Waals surface area (Å²) in [5, 5.41) is 24.4. The molecule has 1 aliphatic rings. The van der Waals surface area contributed by atoms with E-state index in [2.05, 4.69) is 15.5 Å². The summed E-state index contributed by atoms with van der Waals surface area (Å²) in [5.74, 6) is -1.25. The van der Waals surface area contributed by atoms with E-state index in [-0.39, 0.29) is 23.0 Å². The molecule has 6 rings (SSSR count). The van der Waals surface area contributed by atoms with Crippen LogP contribution in [0.5, 0.6) is 0 Å². The van der Waals surface area contributed by atoms with Crippen molar-refractivity contribution in [3.8, 4) is 28.1 Å². The van der Waals surface area contributed by atoms with Crippen molar-refractivity contribution in [2.24, 2.45) is 5.92 Å². The third-order valence-corrected chi connectivity index (χ3v) is 8.34. The van der Waals surface area contributed by atoms with Crippen LogP contribution < -0.4 is 10.0 Å². The molecule has 0 fully saturated rings. The number of anilines is 1. The fraction of sp³-hybridized carbons (Fsp3) is 0.250. The van der Waals surface area contributed by atoms with Gasteiger partial charge in [-0.1, -0.05) is 43.1 Å². The third kappa shape index (κ3) is 6.06. The highest BCUT2D eigenvalue weighted by atomic mass is 35.5. The van der Waals surface area contributed by atoms with Crippen molar-refractivity contribution in [1.29, 1.82) is 0 Å². The molecule has 5 aromatic rings. The minimum absolute atomic E-state index is 0.0443. The van der Waals surface area contributed by atoms with Gasteiger partial charge in [-0.05, 0) is 48.7 Å². The number of nitrogens with zero attached hydrogens (tertiary/aromatic N) is 5. The number of nitrogens with one attached hydrogen (secondary N) is 1. The quantitative estimate of drug-likeness (QED) is 0.121. The van der Waals surface area contributed by atoms with E-state index in [0.717, 1.165) is 17.1 Å². The van der Waals surface area contributed by atoms with Crippen LogP contribution in [0.4, 0.5) is 27.6 Å². The van der Waals surface area contributed by atoms with Crippen LogP contribution in [0.25, 0.3) is 28.1 Å². The maximum atomic E-state index is 13.9. The molecule has 0 spiro atoms. The molecule has 2 atom stereocenters. The van der Waals surface area contributed by atoms with Crippen LogP contribution in [0.2, 0.25) is 5.02 Å². The van der Waals surface area contributed by atoms with Crippen molar-refractivity contribution in [2.75, 3.05) is 5.32 Å². The lowest BCUT2D eigenvalue weighted by Gasteiger charge is -2.21. The number of alkyl halides is 5. The largest absolute Gasteiger partial charge is 0.618 e. The zero-order valence-electron chi connectivity index (χ0n) is 24.2. The van der Waals surface area contributed by atoms with Crippen LogP contribution in [0.15, 0.2) is 79.4 Å². The summed E-state index contributed by atoms with van der Waals surface area (Å²) < 4.78 is 70.0. The summed E-state index contributed by atoms with van der Waals surface area (Å²) in [6.07, 6.45) is 1.03. The van der Waals surface area contributed by atoms with E-state index in [1.807, 2.05) is 6.07 Å². The van der Waals surface area contributed by atoms with Gasteiger partial charge in [0.15, 0.2) is 11.9 Å². The predicted molar refractivity (Wildman–Crippen MR) is 160 cm³/mol. The Kier molecular flexibility index (Phi) is 8.28. The molecule has 1 N–H and O–H groups in total. The Morgan fingerprint density at radius 3 is 2.57 bits per heavy atom. The van der Waals surface area contributed by atoms with E-state index < -0.39 is 30.1 Å². The average molecular weight is 657 g/mol. The predicted octanol–water partition coefficient (Wildman–Crippen LogP) is 7.99. The zero-order chi connectivity index (χ0) is 32.7. The number of aromatic nitrogens is 5. The van der Waals surface area contributed by atoms with Crippen molar-refractivity contribution in [1.82, 2.24) is 19.6 Å². The van der Waals surface area contributed by atoms with Gasteiger partial charge in [-0.15, -0.1) is 0 Å². The van der Waals surface area contributed by atoms with Gasteiger partial charge in [0, 0.05) is 39.9 Å². The van der Waals surface area contributed by atoms with Crippen LogP contribution in [0.1, 0.15) is 55.5 Å². The Hall–Kier alpha value is -4.78. The first-order chi connectivity index (χ1) is 21.9. The van der Waals surface area contributed by atoms with Crippen LogP contribution >= 0.6 is 11.6 Å². The topological polar surface area (TPSA) is 91.7 Å². The molecule has 0 unspecified atom stereocenters. The fourth-order valence-corrected chi connectivity index (χ4v) is 5.93. The molecular formula is C32H26ClF5N6O2. The molecule has 0 radical (unpaired) electrons. The van der Waals surface area contributed by atoms with Gasteiger partial charge in [0.1, 0.15) is 0 Å². The number of amides is 1. The molecule has 0 saturated heterocycles. The lowest BCUT2D eigenvalue weighted by molar-refractivity contribution is -0.614. The smallest absolute Gasteiger partial charge is 0.419 e. The highest BCUT2D eigenvalue weighted by molar-refractivity contribution is 6.31. The molecule has 14 heteroatoms. The first-order valence-corrected chi connectivity index (χ1v) is 14.7. The second-order valence-electron chi connectivity index (χ2n) is 11.1. The van der Waals surface area contributed by atoms with Crippen molar-refractivity contribution in [3.05, 3.63) is 106 Å². The Morgan fingerprint density at radius 1 is 1.04 bits per heavy atom. The van der Waals surface area contributed by atoms with Crippen LogP contribution in [0.3, 0.4) is 0 Å². The Labute approximate surface area is 264 Å². The zero-order valence-corrected chi connectivity index (χ0v) is 24.9. The normalized spacial score (nSPS) is 17.3. The number of carbonyl (C=O) groups excluding carboxylic acids is 1. The number of benzene rings is 2. The van der Waals surface area contributed by atoms with Gasteiger partial charge in [0.25, 0.3) is 0 Å². The van der Waals surface area contributed by atoms with E-state index in [1.165, 1.54) is 30.6 Å². The second kappa shape index (κ2) is 12.2. The molecule has 0 aliphatic carbocycles. The van der Waals surface area contributed by atoms with Crippen LogP contribution in [-0.2, 0) is 11.0 Å². The first-order valence-electron chi connectivity index (χ1n) is 14.3. The molecule has 2 bridgehead atoms.